The molecule has 0 atom stereocenters. The van der Waals surface area contributed by atoms with E-state index in [0.29, 0.717) is 18.5 Å². The van der Waals surface area contributed by atoms with Gasteiger partial charge in [-0.2, -0.15) is 0 Å². The number of rotatable bonds is 4. The Morgan fingerprint density at radius 2 is 1.95 bits per heavy atom. The van der Waals surface area contributed by atoms with Crippen LogP contribution in [-0.4, -0.2) is 30.1 Å². The molecule has 2 fully saturated rings. The molecule has 0 unspecified atom stereocenters. The Bertz CT molecular complexity index is 417. The highest BCUT2D eigenvalue weighted by Gasteiger charge is 2.32. The number of hydrogen-bond donors (Lipinski definition) is 0. The lowest BCUT2D eigenvalue weighted by molar-refractivity contribution is -0.140. The summed E-state index contributed by atoms with van der Waals surface area (Å²) in [5.74, 6) is 1.43. The number of carbonyl (C=O) groups is 1. The van der Waals surface area contributed by atoms with Crippen LogP contribution in [0.5, 0.6) is 0 Å². The maximum Gasteiger partial charge on any atom is 0.226 e. The molecule has 0 bridgehead atoms. The third-order valence-corrected chi connectivity index (χ3v) is 4.53. The van der Waals surface area contributed by atoms with E-state index in [-0.39, 0.29) is 5.92 Å². The van der Waals surface area contributed by atoms with Crippen molar-refractivity contribution in [2.45, 2.75) is 51.1 Å². The lowest BCUT2D eigenvalue weighted by Gasteiger charge is -2.35. The average Bonchev–Trinajstić information content (AvgIpc) is 3.18. The first-order valence-corrected chi connectivity index (χ1v) is 7.75. The van der Waals surface area contributed by atoms with Crippen molar-refractivity contribution in [1.29, 1.82) is 0 Å². The maximum absolute atomic E-state index is 12.8. The first kappa shape index (κ1) is 13.7. The summed E-state index contributed by atoms with van der Waals surface area (Å²) >= 11 is 0. The Morgan fingerprint density at radius 1 is 1.20 bits per heavy atom. The van der Waals surface area contributed by atoms with Crippen LogP contribution in [0.4, 0.5) is 0 Å². The van der Waals surface area contributed by atoms with Crippen molar-refractivity contribution in [3.63, 3.8) is 0 Å². The van der Waals surface area contributed by atoms with Crippen LogP contribution in [0.1, 0.15) is 44.3 Å². The summed E-state index contributed by atoms with van der Waals surface area (Å²) < 4.78 is 10.9. The van der Waals surface area contributed by atoms with Crippen molar-refractivity contribution in [2.75, 3.05) is 13.2 Å². The molecule has 1 amide bonds. The van der Waals surface area contributed by atoms with Gasteiger partial charge in [0.15, 0.2) is 0 Å². The second kappa shape index (κ2) is 6.44. The molecule has 1 aliphatic carbocycles. The molecule has 0 aromatic carbocycles. The van der Waals surface area contributed by atoms with E-state index >= 15 is 0 Å². The number of furan rings is 1. The highest BCUT2D eigenvalue weighted by Crippen LogP contribution is 2.29. The van der Waals surface area contributed by atoms with Crippen LogP contribution >= 0.6 is 0 Å². The van der Waals surface area contributed by atoms with Crippen molar-refractivity contribution in [3.05, 3.63) is 24.2 Å². The Hall–Kier alpha value is -1.29. The van der Waals surface area contributed by atoms with Gasteiger partial charge in [0.2, 0.25) is 5.91 Å². The zero-order valence-electron chi connectivity index (χ0n) is 11.9. The van der Waals surface area contributed by atoms with Crippen molar-refractivity contribution in [3.8, 4) is 0 Å². The summed E-state index contributed by atoms with van der Waals surface area (Å²) in [6.07, 6.45) is 8.06. The van der Waals surface area contributed by atoms with E-state index in [1.165, 1.54) is 12.8 Å². The monoisotopic (exact) mass is 277 g/mol. The predicted octanol–water partition coefficient (Wildman–Crippen LogP) is 2.98. The van der Waals surface area contributed by atoms with Crippen LogP contribution < -0.4 is 0 Å². The van der Waals surface area contributed by atoms with Crippen molar-refractivity contribution in [2.24, 2.45) is 5.92 Å². The zero-order valence-corrected chi connectivity index (χ0v) is 11.9. The molecule has 0 N–H and O–H groups in total. The van der Waals surface area contributed by atoms with Gasteiger partial charge in [0.05, 0.1) is 12.8 Å². The molecule has 4 heteroatoms. The standard InChI is InChI=1S/C16H23NO3/c18-16(13-4-1-2-5-13)17(12-15-6-3-9-20-15)14-7-10-19-11-8-14/h3,6,9,13-14H,1-2,4-5,7-8,10-12H2. The number of hydrogen-bond acceptors (Lipinski definition) is 3. The quantitative estimate of drug-likeness (QED) is 0.849. The fourth-order valence-corrected chi connectivity index (χ4v) is 3.36. The van der Waals surface area contributed by atoms with Crippen LogP contribution in [0.25, 0.3) is 0 Å². The normalized spacial score (nSPS) is 21.2. The Kier molecular flexibility index (Phi) is 4.41. The fraction of sp³-hybridized carbons (Fsp3) is 0.688. The lowest BCUT2D eigenvalue weighted by Crippen LogP contribution is -2.45. The molecule has 20 heavy (non-hydrogen) atoms. The molecule has 110 valence electrons. The highest BCUT2D eigenvalue weighted by molar-refractivity contribution is 5.79. The summed E-state index contributed by atoms with van der Waals surface area (Å²) in [5, 5.41) is 0. The van der Waals surface area contributed by atoms with Gasteiger partial charge in [0, 0.05) is 25.2 Å². The molecule has 2 aliphatic rings. The topological polar surface area (TPSA) is 42.7 Å². The predicted molar refractivity (Wildman–Crippen MR) is 75.1 cm³/mol. The summed E-state index contributed by atoms with van der Waals surface area (Å²) in [4.78, 5) is 14.9. The first-order chi connectivity index (χ1) is 9.84. The van der Waals surface area contributed by atoms with Gasteiger partial charge < -0.3 is 14.1 Å². The molecule has 4 nitrogen and oxygen atoms in total. The third kappa shape index (κ3) is 3.06. The third-order valence-electron chi connectivity index (χ3n) is 4.53. The average molecular weight is 277 g/mol. The van der Waals surface area contributed by atoms with E-state index in [9.17, 15) is 4.79 Å². The molecule has 2 heterocycles. The van der Waals surface area contributed by atoms with Crippen molar-refractivity contribution in [1.82, 2.24) is 4.90 Å². The fourth-order valence-electron chi connectivity index (χ4n) is 3.36. The highest BCUT2D eigenvalue weighted by atomic mass is 16.5. The molecule has 1 aromatic heterocycles. The number of ether oxygens (including phenoxy) is 1. The summed E-state index contributed by atoms with van der Waals surface area (Å²) in [5.41, 5.74) is 0. The van der Waals surface area contributed by atoms with Gasteiger partial charge >= 0.3 is 0 Å². The molecular formula is C16H23NO3. The van der Waals surface area contributed by atoms with Gasteiger partial charge in [-0.05, 0) is 37.8 Å². The van der Waals surface area contributed by atoms with Gasteiger partial charge in [0.25, 0.3) is 0 Å². The summed E-state index contributed by atoms with van der Waals surface area (Å²) in [6, 6.07) is 4.15. The van der Waals surface area contributed by atoms with Gasteiger partial charge in [-0.1, -0.05) is 12.8 Å². The van der Waals surface area contributed by atoms with Crippen molar-refractivity contribution >= 4 is 5.91 Å². The van der Waals surface area contributed by atoms with E-state index in [1.807, 2.05) is 12.1 Å². The van der Waals surface area contributed by atoms with Crippen LogP contribution in [-0.2, 0) is 16.1 Å². The van der Waals surface area contributed by atoms with Gasteiger partial charge in [0.1, 0.15) is 5.76 Å². The Balaban J connectivity index is 1.72. The smallest absolute Gasteiger partial charge is 0.226 e. The maximum atomic E-state index is 12.8. The van der Waals surface area contributed by atoms with Gasteiger partial charge in [-0.15, -0.1) is 0 Å². The van der Waals surface area contributed by atoms with Crippen LogP contribution in [0, 0.1) is 5.92 Å². The SMILES string of the molecule is O=C(C1CCCC1)N(Cc1ccco1)C1CCOCC1. The minimum absolute atomic E-state index is 0.229. The van der Waals surface area contributed by atoms with E-state index < -0.39 is 0 Å². The minimum atomic E-state index is 0.229. The van der Waals surface area contributed by atoms with Crippen LogP contribution in [0.3, 0.4) is 0 Å². The van der Waals surface area contributed by atoms with E-state index in [0.717, 1.165) is 44.7 Å². The summed E-state index contributed by atoms with van der Waals surface area (Å²) in [7, 11) is 0. The second-order valence-corrected chi connectivity index (χ2v) is 5.87. The van der Waals surface area contributed by atoms with Gasteiger partial charge in [-0.3, -0.25) is 4.79 Å². The van der Waals surface area contributed by atoms with E-state index in [4.69, 9.17) is 9.15 Å². The van der Waals surface area contributed by atoms with Crippen LogP contribution in [0.15, 0.2) is 22.8 Å². The van der Waals surface area contributed by atoms with Gasteiger partial charge in [-0.25, -0.2) is 0 Å². The van der Waals surface area contributed by atoms with E-state index in [2.05, 4.69) is 4.90 Å². The molecular weight excluding hydrogens is 254 g/mol. The molecule has 1 aromatic rings. The van der Waals surface area contributed by atoms with E-state index in [1.54, 1.807) is 6.26 Å². The molecule has 0 spiro atoms. The number of nitrogens with zero attached hydrogens (tertiary/aromatic N) is 1. The molecule has 1 saturated carbocycles. The van der Waals surface area contributed by atoms with Crippen LogP contribution in [0.2, 0.25) is 0 Å². The minimum Gasteiger partial charge on any atom is -0.467 e. The molecule has 3 rings (SSSR count). The Morgan fingerprint density at radius 3 is 2.60 bits per heavy atom. The number of carbonyl (C=O) groups excluding carboxylic acids is 1. The second-order valence-electron chi connectivity index (χ2n) is 5.87. The largest absolute Gasteiger partial charge is 0.467 e. The van der Waals surface area contributed by atoms with Crippen molar-refractivity contribution < 1.29 is 13.9 Å². The first-order valence-electron chi connectivity index (χ1n) is 7.75. The Labute approximate surface area is 120 Å². The molecule has 1 aliphatic heterocycles. The molecule has 0 radical (unpaired) electrons. The number of amides is 1. The zero-order chi connectivity index (χ0) is 13.8. The molecule has 1 saturated heterocycles. The summed E-state index contributed by atoms with van der Waals surface area (Å²) in [6.45, 7) is 2.13. The lowest BCUT2D eigenvalue weighted by atomic mass is 10.0.